The van der Waals surface area contributed by atoms with Crippen LogP contribution in [0.15, 0.2) is 0 Å². The van der Waals surface area contributed by atoms with Crippen LogP contribution in [0.3, 0.4) is 0 Å². The van der Waals surface area contributed by atoms with Gasteiger partial charge in [-0.05, 0) is 26.3 Å². The summed E-state index contributed by atoms with van der Waals surface area (Å²) < 4.78 is 0. The van der Waals surface area contributed by atoms with Gasteiger partial charge in [0.15, 0.2) is 0 Å². The molecule has 0 aromatic rings. The average molecular weight is 176 g/mol. The van der Waals surface area contributed by atoms with Crippen molar-refractivity contribution in [3.8, 4) is 0 Å². The molecule has 0 spiro atoms. The quantitative estimate of drug-likeness (QED) is 0.552. The molecule has 2 nitrogen and oxygen atoms in total. The Hall–Kier alpha value is -0.0800. The number of piperidine rings is 1. The van der Waals surface area contributed by atoms with Crippen LogP contribution in [0.1, 0.15) is 25.7 Å². The Labute approximate surface area is 73.4 Å². The smallest absolute Gasteiger partial charge is 0.150 e. The van der Waals surface area contributed by atoms with Crippen LogP contribution in [-0.4, -0.2) is 29.8 Å². The second-order valence-corrected chi connectivity index (χ2v) is 3.42. The molecule has 0 aliphatic carbocycles. The zero-order valence-electron chi connectivity index (χ0n) is 6.75. The third kappa shape index (κ3) is 1.30. The highest BCUT2D eigenvalue weighted by Crippen LogP contribution is 2.31. The summed E-state index contributed by atoms with van der Waals surface area (Å²) in [6.45, 7) is 0. The fourth-order valence-corrected chi connectivity index (χ4v) is 2.22. The van der Waals surface area contributed by atoms with Gasteiger partial charge in [0.25, 0.3) is 0 Å². The van der Waals surface area contributed by atoms with Crippen LogP contribution >= 0.6 is 12.4 Å². The second kappa shape index (κ2) is 3.11. The number of fused-ring (bicyclic) bond motifs is 2. The SMILES string of the molecule is CN1[C@@H]2CCC(=O)[C@H]1CC2.Cl. The summed E-state index contributed by atoms with van der Waals surface area (Å²) in [4.78, 5) is 13.5. The molecule has 2 heterocycles. The van der Waals surface area contributed by atoms with E-state index in [9.17, 15) is 4.79 Å². The van der Waals surface area contributed by atoms with E-state index < -0.39 is 0 Å². The lowest BCUT2D eigenvalue weighted by atomic mass is 10.0. The summed E-state index contributed by atoms with van der Waals surface area (Å²) in [5, 5.41) is 0. The lowest BCUT2D eigenvalue weighted by Gasteiger charge is -2.29. The first-order chi connectivity index (χ1) is 4.79. The third-order valence-electron chi connectivity index (χ3n) is 2.94. The molecule has 0 aromatic heterocycles. The van der Waals surface area contributed by atoms with Crippen molar-refractivity contribution < 1.29 is 4.79 Å². The molecule has 3 heteroatoms. The zero-order chi connectivity index (χ0) is 7.14. The van der Waals surface area contributed by atoms with Crippen molar-refractivity contribution in [2.75, 3.05) is 7.05 Å². The van der Waals surface area contributed by atoms with Gasteiger partial charge in [0.1, 0.15) is 5.78 Å². The fraction of sp³-hybridized carbons (Fsp3) is 0.875. The summed E-state index contributed by atoms with van der Waals surface area (Å²) in [5.41, 5.74) is 0. The number of hydrogen-bond acceptors (Lipinski definition) is 2. The molecule has 2 saturated heterocycles. The van der Waals surface area contributed by atoms with Crippen molar-refractivity contribution in [3.63, 3.8) is 0 Å². The lowest BCUT2D eigenvalue weighted by molar-refractivity contribution is -0.125. The summed E-state index contributed by atoms with van der Waals surface area (Å²) in [7, 11) is 2.08. The van der Waals surface area contributed by atoms with Crippen LogP contribution in [-0.2, 0) is 4.79 Å². The van der Waals surface area contributed by atoms with Gasteiger partial charge in [-0.15, -0.1) is 12.4 Å². The van der Waals surface area contributed by atoms with Crippen molar-refractivity contribution in [1.29, 1.82) is 0 Å². The van der Waals surface area contributed by atoms with Crippen LogP contribution in [0, 0.1) is 0 Å². The second-order valence-electron chi connectivity index (χ2n) is 3.42. The molecule has 2 aliphatic heterocycles. The van der Waals surface area contributed by atoms with E-state index in [1.54, 1.807) is 0 Å². The van der Waals surface area contributed by atoms with Crippen molar-refractivity contribution in [2.45, 2.75) is 37.8 Å². The van der Waals surface area contributed by atoms with E-state index in [1.807, 2.05) is 0 Å². The van der Waals surface area contributed by atoms with E-state index in [1.165, 1.54) is 6.42 Å². The number of likely N-dealkylation sites (N-methyl/N-ethyl adjacent to an activating group) is 1. The predicted octanol–water partition coefficient (Wildman–Crippen LogP) is 1.23. The number of hydrogen-bond donors (Lipinski definition) is 0. The number of carbonyl (C=O) groups excluding carboxylic acids is 1. The summed E-state index contributed by atoms with van der Waals surface area (Å²) in [5.74, 6) is 0.469. The molecule has 0 aromatic carbocycles. The number of Topliss-reactive ketones (excluding diaryl/α,β-unsaturated/α-hetero) is 1. The summed E-state index contributed by atoms with van der Waals surface area (Å²) in [6.07, 6.45) is 4.29. The maximum absolute atomic E-state index is 11.2. The van der Waals surface area contributed by atoms with Gasteiger partial charge in [0.05, 0.1) is 6.04 Å². The van der Waals surface area contributed by atoms with E-state index in [-0.39, 0.29) is 12.4 Å². The molecule has 2 bridgehead atoms. The van der Waals surface area contributed by atoms with Gasteiger partial charge in [-0.25, -0.2) is 0 Å². The number of carbonyl (C=O) groups is 1. The highest BCUT2D eigenvalue weighted by Gasteiger charge is 2.38. The first-order valence-electron chi connectivity index (χ1n) is 4.03. The minimum absolute atomic E-state index is 0. The van der Waals surface area contributed by atoms with Crippen LogP contribution in [0.2, 0.25) is 0 Å². The lowest BCUT2D eigenvalue weighted by Crippen LogP contribution is -2.42. The summed E-state index contributed by atoms with van der Waals surface area (Å²) >= 11 is 0. The molecule has 2 atom stereocenters. The van der Waals surface area contributed by atoms with Gasteiger partial charge >= 0.3 is 0 Å². The molecule has 2 fully saturated rings. The largest absolute Gasteiger partial charge is 0.298 e. The summed E-state index contributed by atoms with van der Waals surface area (Å²) in [6, 6.07) is 1.02. The van der Waals surface area contributed by atoms with Gasteiger partial charge in [-0.1, -0.05) is 0 Å². The molecule has 0 radical (unpaired) electrons. The van der Waals surface area contributed by atoms with Crippen LogP contribution in [0.5, 0.6) is 0 Å². The molecular formula is C8H14ClNO. The molecule has 0 N–H and O–H groups in total. The first-order valence-corrected chi connectivity index (χ1v) is 4.03. The molecular weight excluding hydrogens is 162 g/mol. The Kier molecular flexibility index (Phi) is 2.55. The third-order valence-corrected chi connectivity index (χ3v) is 2.94. The molecule has 64 valence electrons. The van der Waals surface area contributed by atoms with Gasteiger partial charge in [0, 0.05) is 12.5 Å². The predicted molar refractivity (Wildman–Crippen MR) is 46.1 cm³/mol. The van der Waals surface area contributed by atoms with Crippen molar-refractivity contribution >= 4 is 18.2 Å². The molecule has 2 aliphatic rings. The van der Waals surface area contributed by atoms with Crippen molar-refractivity contribution in [2.24, 2.45) is 0 Å². The normalized spacial score (nSPS) is 37.0. The number of ketones is 1. The highest BCUT2D eigenvalue weighted by molar-refractivity contribution is 5.85. The topological polar surface area (TPSA) is 20.3 Å². The molecule has 0 saturated carbocycles. The van der Waals surface area contributed by atoms with Crippen molar-refractivity contribution in [3.05, 3.63) is 0 Å². The zero-order valence-corrected chi connectivity index (χ0v) is 7.56. The highest BCUT2D eigenvalue weighted by atomic mass is 35.5. The van der Waals surface area contributed by atoms with Crippen molar-refractivity contribution in [1.82, 2.24) is 4.90 Å². The van der Waals surface area contributed by atoms with Crippen LogP contribution in [0.4, 0.5) is 0 Å². The maximum atomic E-state index is 11.2. The Morgan fingerprint density at radius 1 is 1.36 bits per heavy atom. The van der Waals surface area contributed by atoms with Gasteiger partial charge in [-0.2, -0.15) is 0 Å². The minimum atomic E-state index is 0. The Morgan fingerprint density at radius 2 is 2.09 bits per heavy atom. The van der Waals surface area contributed by atoms with Crippen LogP contribution < -0.4 is 0 Å². The molecule has 11 heavy (non-hydrogen) atoms. The van der Waals surface area contributed by atoms with E-state index >= 15 is 0 Å². The Morgan fingerprint density at radius 3 is 2.73 bits per heavy atom. The van der Waals surface area contributed by atoms with E-state index in [0.717, 1.165) is 25.3 Å². The van der Waals surface area contributed by atoms with E-state index in [2.05, 4.69) is 11.9 Å². The number of nitrogens with zero attached hydrogens (tertiary/aromatic N) is 1. The molecule has 0 amide bonds. The first kappa shape index (κ1) is 9.01. The molecule has 2 rings (SSSR count). The van der Waals surface area contributed by atoms with E-state index in [0.29, 0.717) is 11.8 Å². The fourth-order valence-electron chi connectivity index (χ4n) is 2.22. The number of rotatable bonds is 0. The minimum Gasteiger partial charge on any atom is -0.298 e. The molecule has 0 unspecified atom stereocenters. The van der Waals surface area contributed by atoms with Gasteiger partial charge < -0.3 is 0 Å². The average Bonchev–Trinajstić information content (AvgIpc) is 2.13. The Balaban J connectivity index is 0.000000605. The van der Waals surface area contributed by atoms with Gasteiger partial charge in [-0.3, -0.25) is 9.69 Å². The Bertz CT molecular complexity index is 171. The van der Waals surface area contributed by atoms with E-state index in [4.69, 9.17) is 0 Å². The standard InChI is InChI=1S/C8H13NO.ClH/c1-9-6-2-4-7(9)8(10)5-3-6;/h6-7H,2-5H2,1H3;1H/t6-,7+;/m0./s1. The number of halogens is 1. The van der Waals surface area contributed by atoms with Gasteiger partial charge in [0.2, 0.25) is 0 Å². The monoisotopic (exact) mass is 175 g/mol. The van der Waals surface area contributed by atoms with Crippen LogP contribution in [0.25, 0.3) is 0 Å². The maximum Gasteiger partial charge on any atom is 0.150 e.